The zero-order chi connectivity index (χ0) is 21.2. The first-order chi connectivity index (χ1) is 13.1. The number of ether oxygens (including phenoxy) is 2. The molecule has 11 heteroatoms. The molecular formula is C17H31N4O6P. The van der Waals surface area contributed by atoms with Crippen LogP contribution in [0.25, 0.3) is 0 Å². The van der Waals surface area contributed by atoms with Crippen molar-refractivity contribution in [2.75, 3.05) is 14.2 Å². The maximum Gasteiger partial charge on any atom is 0.330 e. The van der Waals surface area contributed by atoms with E-state index in [0.29, 0.717) is 0 Å². The number of nitrogens with zero attached hydrogens (tertiary/aromatic N) is 3. The summed E-state index contributed by atoms with van der Waals surface area (Å²) in [6.45, 7) is 9.95. The third kappa shape index (κ3) is 4.88. The topological polar surface area (TPSA) is 109 Å². The third-order valence-corrected chi connectivity index (χ3v) is 5.81. The van der Waals surface area contributed by atoms with Crippen LogP contribution in [0.4, 0.5) is 0 Å². The van der Waals surface area contributed by atoms with Crippen LogP contribution >= 0.6 is 8.53 Å². The molecule has 1 aliphatic rings. The molecule has 10 nitrogen and oxygen atoms in total. The first kappa shape index (κ1) is 23.2. The lowest BCUT2D eigenvalue weighted by Gasteiger charge is -2.40. The number of methoxy groups -OCH3 is 1. The van der Waals surface area contributed by atoms with E-state index in [1.54, 1.807) is 18.8 Å². The van der Waals surface area contributed by atoms with Gasteiger partial charge >= 0.3 is 5.69 Å². The molecule has 2 heterocycles. The maximum atomic E-state index is 12.1. The molecule has 160 valence electrons. The molecule has 0 radical (unpaired) electrons. The van der Waals surface area contributed by atoms with Crippen molar-refractivity contribution in [3.63, 3.8) is 0 Å². The van der Waals surface area contributed by atoms with Gasteiger partial charge in [0.05, 0.1) is 6.10 Å². The minimum absolute atomic E-state index is 0.175. The van der Waals surface area contributed by atoms with Gasteiger partial charge in [-0.15, -0.1) is 0 Å². The molecule has 1 fully saturated rings. The average Bonchev–Trinajstić information content (AvgIpc) is 2.89. The van der Waals surface area contributed by atoms with Gasteiger partial charge in [-0.3, -0.25) is 14.3 Å². The predicted octanol–water partition coefficient (Wildman–Crippen LogP) is 1.04. The second kappa shape index (κ2) is 9.58. The highest BCUT2D eigenvalue weighted by atomic mass is 31.2. The molecule has 0 aromatic carbocycles. The van der Waals surface area contributed by atoms with Gasteiger partial charge in [0.1, 0.15) is 12.2 Å². The number of aromatic nitrogens is 2. The molecule has 1 aromatic rings. The van der Waals surface area contributed by atoms with Crippen LogP contribution in [0.15, 0.2) is 21.9 Å². The van der Waals surface area contributed by atoms with Crippen LogP contribution in [0.5, 0.6) is 0 Å². The lowest BCUT2D eigenvalue weighted by Crippen LogP contribution is -2.47. The van der Waals surface area contributed by atoms with Crippen LogP contribution in [0.2, 0.25) is 0 Å². The molecule has 0 amide bonds. The lowest BCUT2D eigenvalue weighted by atomic mass is 10.1. The SMILES string of the molecule is CO[C@@H]1[C@H](OP(O)N(C)N(C(C)C)C(C)C)[C@@H](C)O[C@H]1n1ccc(=O)[nH]c1=O. The Morgan fingerprint density at radius 2 is 1.86 bits per heavy atom. The number of hydrogen-bond donors (Lipinski definition) is 2. The summed E-state index contributed by atoms with van der Waals surface area (Å²) in [6.07, 6.45) is -1.11. The van der Waals surface area contributed by atoms with Gasteiger partial charge in [0.2, 0.25) is 0 Å². The minimum atomic E-state index is -1.96. The molecule has 0 bridgehead atoms. The molecule has 0 aliphatic carbocycles. The summed E-state index contributed by atoms with van der Waals surface area (Å²) in [5.74, 6) is 0. The van der Waals surface area contributed by atoms with Crippen molar-refractivity contribution in [2.24, 2.45) is 0 Å². The average molecular weight is 418 g/mol. The zero-order valence-electron chi connectivity index (χ0n) is 17.4. The van der Waals surface area contributed by atoms with Crippen molar-refractivity contribution in [1.29, 1.82) is 0 Å². The van der Waals surface area contributed by atoms with Crippen molar-refractivity contribution in [2.45, 2.75) is 71.2 Å². The molecular weight excluding hydrogens is 387 g/mol. The van der Waals surface area contributed by atoms with Gasteiger partial charge < -0.3 is 18.9 Å². The summed E-state index contributed by atoms with van der Waals surface area (Å²) in [5, 5.41) is 2.03. The molecule has 5 atom stereocenters. The summed E-state index contributed by atoms with van der Waals surface area (Å²) < 4.78 is 20.3. The Kier molecular flexibility index (Phi) is 7.92. The normalized spacial score (nSPS) is 26.7. The van der Waals surface area contributed by atoms with E-state index in [9.17, 15) is 14.5 Å². The van der Waals surface area contributed by atoms with Gasteiger partial charge in [-0.25, -0.2) is 9.80 Å². The zero-order valence-corrected chi connectivity index (χ0v) is 18.3. The van der Waals surface area contributed by atoms with Crippen LogP contribution in [0.3, 0.4) is 0 Å². The highest BCUT2D eigenvalue weighted by Crippen LogP contribution is 2.44. The Morgan fingerprint density at radius 3 is 2.36 bits per heavy atom. The quantitative estimate of drug-likeness (QED) is 0.476. The summed E-state index contributed by atoms with van der Waals surface area (Å²) in [4.78, 5) is 36.4. The molecule has 28 heavy (non-hydrogen) atoms. The van der Waals surface area contributed by atoms with Crippen LogP contribution in [-0.4, -0.2) is 68.8 Å². The summed E-state index contributed by atoms with van der Waals surface area (Å²) >= 11 is 0. The standard InChI is InChI=1S/C17H31N4O6P/c1-10(2)21(11(3)4)19(6)28(24)27-14-12(5)26-16(15(14)25-7)20-9-8-13(22)18-17(20)23/h8-12,14-16,24H,1-7H3,(H,18,22,23)/t12-,14-,15-,16-,28?/m1/s1. The largest absolute Gasteiger partial charge is 0.374 e. The Hall–Kier alpha value is -1.13. The van der Waals surface area contributed by atoms with E-state index in [2.05, 4.69) is 4.98 Å². The predicted molar refractivity (Wildman–Crippen MR) is 106 cm³/mol. The number of hydrogen-bond acceptors (Lipinski definition) is 8. The van der Waals surface area contributed by atoms with E-state index < -0.39 is 44.3 Å². The van der Waals surface area contributed by atoms with Gasteiger partial charge in [-0.2, -0.15) is 4.78 Å². The van der Waals surface area contributed by atoms with E-state index in [1.165, 1.54) is 23.9 Å². The third-order valence-electron chi connectivity index (χ3n) is 4.68. The van der Waals surface area contributed by atoms with Gasteiger partial charge in [0.25, 0.3) is 14.1 Å². The van der Waals surface area contributed by atoms with Crippen LogP contribution < -0.4 is 11.2 Å². The summed E-state index contributed by atoms with van der Waals surface area (Å²) in [5.41, 5.74) is -1.08. The second-order valence-corrected chi connectivity index (χ2v) is 8.62. The van der Waals surface area contributed by atoms with E-state index in [0.717, 1.165) is 0 Å². The molecule has 1 unspecified atom stereocenters. The molecule has 1 saturated heterocycles. The van der Waals surface area contributed by atoms with Crippen LogP contribution in [0, 0.1) is 0 Å². The van der Waals surface area contributed by atoms with E-state index in [-0.39, 0.29) is 12.1 Å². The van der Waals surface area contributed by atoms with Crippen LogP contribution in [0.1, 0.15) is 40.8 Å². The fourth-order valence-corrected chi connectivity index (χ4v) is 4.82. The molecule has 2 rings (SSSR count). The smallest absolute Gasteiger partial charge is 0.330 e. The number of nitrogens with one attached hydrogen (secondary N) is 1. The second-order valence-electron chi connectivity index (χ2n) is 7.33. The fourth-order valence-electron chi connectivity index (χ4n) is 3.58. The highest BCUT2D eigenvalue weighted by Gasteiger charge is 2.47. The lowest BCUT2D eigenvalue weighted by molar-refractivity contribution is -0.0522. The van der Waals surface area contributed by atoms with Crippen LogP contribution in [-0.2, 0) is 14.0 Å². The summed E-state index contributed by atoms with van der Waals surface area (Å²) in [7, 11) is 1.30. The van der Waals surface area contributed by atoms with Gasteiger partial charge in [-0.1, -0.05) is 0 Å². The van der Waals surface area contributed by atoms with Crippen molar-refractivity contribution < 1.29 is 18.9 Å². The van der Waals surface area contributed by atoms with Gasteiger partial charge in [-0.05, 0) is 34.6 Å². The Balaban J connectivity index is 2.21. The molecule has 0 spiro atoms. The maximum absolute atomic E-state index is 12.1. The van der Waals surface area contributed by atoms with Crippen molar-refractivity contribution in [1.82, 2.24) is 19.3 Å². The molecule has 2 N–H and O–H groups in total. The Labute approximate surface area is 165 Å². The summed E-state index contributed by atoms with van der Waals surface area (Å²) in [6, 6.07) is 1.59. The van der Waals surface area contributed by atoms with E-state index in [1.807, 2.05) is 32.7 Å². The fraction of sp³-hybridized carbons (Fsp3) is 0.765. The number of H-pyrrole nitrogens is 1. The Morgan fingerprint density at radius 1 is 1.25 bits per heavy atom. The highest BCUT2D eigenvalue weighted by molar-refractivity contribution is 7.43. The number of hydrazine groups is 1. The van der Waals surface area contributed by atoms with E-state index in [4.69, 9.17) is 14.0 Å². The van der Waals surface area contributed by atoms with Gasteiger partial charge in [0.15, 0.2) is 6.23 Å². The minimum Gasteiger partial charge on any atom is -0.374 e. The first-order valence-electron chi connectivity index (χ1n) is 9.25. The van der Waals surface area contributed by atoms with Crippen molar-refractivity contribution >= 4 is 8.53 Å². The number of aromatic amines is 1. The molecule has 1 aromatic heterocycles. The Bertz CT molecular complexity index is 746. The van der Waals surface area contributed by atoms with Crippen molar-refractivity contribution in [3.05, 3.63) is 33.1 Å². The first-order valence-corrected chi connectivity index (χ1v) is 10.4. The number of rotatable bonds is 8. The van der Waals surface area contributed by atoms with Crippen molar-refractivity contribution in [3.8, 4) is 0 Å². The van der Waals surface area contributed by atoms with E-state index >= 15 is 0 Å². The van der Waals surface area contributed by atoms with Gasteiger partial charge in [0, 0.05) is 38.5 Å². The molecule has 1 aliphatic heterocycles. The monoisotopic (exact) mass is 418 g/mol. The molecule has 0 saturated carbocycles.